The van der Waals surface area contributed by atoms with Crippen LogP contribution in [-0.4, -0.2) is 18.1 Å². The minimum atomic E-state index is -0.403. The van der Waals surface area contributed by atoms with Crippen molar-refractivity contribution in [1.82, 2.24) is 4.98 Å². The minimum Gasteiger partial charge on any atom is -0.464 e. The number of ether oxygens (including phenoxy) is 1. The summed E-state index contributed by atoms with van der Waals surface area (Å²) in [6, 6.07) is 8.25. The van der Waals surface area contributed by atoms with Crippen molar-refractivity contribution in [3.05, 3.63) is 40.4 Å². The zero-order valence-corrected chi connectivity index (χ0v) is 13.8. The van der Waals surface area contributed by atoms with Crippen molar-refractivity contribution in [3.63, 3.8) is 0 Å². The highest BCUT2D eigenvalue weighted by Gasteiger charge is 2.16. The summed E-state index contributed by atoms with van der Waals surface area (Å²) in [5.41, 5.74) is 2.73. The van der Waals surface area contributed by atoms with Crippen molar-refractivity contribution in [2.45, 2.75) is 33.1 Å². The Labute approximate surface area is 129 Å². The molecule has 0 amide bonds. The number of hydrogen-bond acceptors (Lipinski definition) is 5. The van der Waals surface area contributed by atoms with Crippen molar-refractivity contribution in [1.29, 1.82) is 0 Å². The molecule has 1 aromatic carbocycles. The molecule has 1 aromatic heterocycles. The highest BCUT2D eigenvalue weighted by Crippen LogP contribution is 2.28. The van der Waals surface area contributed by atoms with E-state index >= 15 is 0 Å². The zero-order valence-electron chi connectivity index (χ0n) is 13.0. The van der Waals surface area contributed by atoms with Gasteiger partial charge >= 0.3 is 5.97 Å². The molecule has 2 rings (SSSR count). The van der Waals surface area contributed by atoms with Gasteiger partial charge in [0, 0.05) is 10.6 Å². The van der Waals surface area contributed by atoms with E-state index in [-0.39, 0.29) is 5.41 Å². The first-order valence-electron chi connectivity index (χ1n) is 6.74. The monoisotopic (exact) mass is 304 g/mol. The quantitative estimate of drug-likeness (QED) is 0.860. The summed E-state index contributed by atoms with van der Waals surface area (Å²) in [4.78, 5) is 16.7. The number of hydrogen-bond donors (Lipinski definition) is 1. The van der Waals surface area contributed by atoms with Gasteiger partial charge in [0.25, 0.3) is 0 Å². The molecule has 0 aliphatic heterocycles. The number of esters is 1. The second-order valence-electron chi connectivity index (χ2n) is 5.87. The van der Waals surface area contributed by atoms with E-state index in [0.717, 1.165) is 10.6 Å². The normalized spacial score (nSPS) is 11.3. The number of aryl methyl sites for hydroxylation is 1. The molecule has 4 nitrogen and oxygen atoms in total. The van der Waals surface area contributed by atoms with E-state index in [4.69, 9.17) is 4.74 Å². The predicted molar refractivity (Wildman–Crippen MR) is 86.6 cm³/mol. The number of benzene rings is 1. The lowest BCUT2D eigenvalue weighted by atomic mass is 9.87. The Morgan fingerprint density at radius 1 is 1.24 bits per heavy atom. The molecule has 2 aromatic rings. The Hall–Kier alpha value is -1.88. The number of anilines is 2. The summed E-state index contributed by atoms with van der Waals surface area (Å²) in [5, 5.41) is 3.91. The molecule has 0 bridgehead atoms. The van der Waals surface area contributed by atoms with E-state index in [2.05, 4.69) is 43.2 Å². The van der Waals surface area contributed by atoms with E-state index in [1.807, 2.05) is 19.1 Å². The summed E-state index contributed by atoms with van der Waals surface area (Å²) in [5.74, 6) is -0.403. The zero-order chi connectivity index (χ0) is 15.6. The fourth-order valence-electron chi connectivity index (χ4n) is 1.91. The van der Waals surface area contributed by atoms with Crippen LogP contribution in [0.15, 0.2) is 24.3 Å². The molecule has 0 unspecified atom stereocenters. The van der Waals surface area contributed by atoms with Crippen LogP contribution in [0.1, 0.15) is 41.7 Å². The summed E-state index contributed by atoms with van der Waals surface area (Å²) in [6.07, 6.45) is 0. The van der Waals surface area contributed by atoms with Crippen LogP contribution in [0.4, 0.5) is 10.8 Å². The molecule has 0 saturated heterocycles. The summed E-state index contributed by atoms with van der Waals surface area (Å²) in [6.45, 7) is 8.41. The predicted octanol–water partition coefficient (Wildman–Crippen LogP) is 4.28. The minimum absolute atomic E-state index is 0.133. The molecule has 1 heterocycles. The van der Waals surface area contributed by atoms with Gasteiger partial charge in [-0.1, -0.05) is 32.9 Å². The standard InChI is InChI=1S/C16H20N2O2S/c1-10-13(14(19)20-5)18-15(21-10)17-12-8-6-11(7-9-12)16(2,3)4/h6-9H,1-5H3,(H,17,18). The Bertz CT molecular complexity index is 639. The molecule has 0 atom stereocenters. The van der Waals surface area contributed by atoms with Gasteiger partial charge in [-0.2, -0.15) is 0 Å². The van der Waals surface area contributed by atoms with Gasteiger partial charge in [0.1, 0.15) is 0 Å². The first-order chi connectivity index (χ1) is 9.81. The van der Waals surface area contributed by atoms with Crippen LogP contribution in [0.5, 0.6) is 0 Å². The molecule has 0 radical (unpaired) electrons. The lowest BCUT2D eigenvalue weighted by Gasteiger charge is -2.19. The summed E-state index contributed by atoms with van der Waals surface area (Å²) < 4.78 is 4.71. The van der Waals surface area contributed by atoms with E-state index in [1.54, 1.807) is 0 Å². The number of nitrogens with one attached hydrogen (secondary N) is 1. The SMILES string of the molecule is COC(=O)c1nc(Nc2ccc(C(C)(C)C)cc2)sc1C. The van der Waals surface area contributed by atoms with Gasteiger partial charge in [0.2, 0.25) is 0 Å². The highest BCUT2D eigenvalue weighted by atomic mass is 32.1. The number of thiazole rings is 1. The van der Waals surface area contributed by atoms with Crippen LogP contribution in [0.25, 0.3) is 0 Å². The number of nitrogens with zero attached hydrogens (tertiary/aromatic N) is 1. The molecular formula is C16H20N2O2S. The molecule has 5 heteroatoms. The second kappa shape index (κ2) is 5.85. The average molecular weight is 304 g/mol. The van der Waals surface area contributed by atoms with Gasteiger partial charge in [0.15, 0.2) is 10.8 Å². The number of methoxy groups -OCH3 is 1. The molecule has 0 fully saturated rings. The highest BCUT2D eigenvalue weighted by molar-refractivity contribution is 7.15. The Morgan fingerprint density at radius 2 is 1.86 bits per heavy atom. The van der Waals surface area contributed by atoms with Crippen molar-refractivity contribution in [2.75, 3.05) is 12.4 Å². The smallest absolute Gasteiger partial charge is 0.357 e. The van der Waals surface area contributed by atoms with Crippen LogP contribution < -0.4 is 5.32 Å². The summed E-state index contributed by atoms with van der Waals surface area (Å²) in [7, 11) is 1.36. The first kappa shape index (κ1) is 15.5. The Balaban J connectivity index is 2.17. The molecule has 112 valence electrons. The second-order valence-corrected chi connectivity index (χ2v) is 7.07. The topological polar surface area (TPSA) is 51.2 Å². The molecule has 0 saturated carbocycles. The van der Waals surface area contributed by atoms with Crippen molar-refractivity contribution in [3.8, 4) is 0 Å². The van der Waals surface area contributed by atoms with Crippen LogP contribution in [0, 0.1) is 6.92 Å². The Kier molecular flexibility index (Phi) is 4.32. The fourth-order valence-corrected chi connectivity index (χ4v) is 2.73. The van der Waals surface area contributed by atoms with E-state index in [0.29, 0.717) is 10.8 Å². The molecule has 21 heavy (non-hydrogen) atoms. The number of carbonyl (C=O) groups excluding carboxylic acids is 1. The molecule has 0 spiro atoms. The van der Waals surface area contributed by atoms with Gasteiger partial charge in [-0.25, -0.2) is 9.78 Å². The summed E-state index contributed by atoms with van der Waals surface area (Å²) >= 11 is 1.44. The molecular weight excluding hydrogens is 284 g/mol. The lowest BCUT2D eigenvalue weighted by Crippen LogP contribution is -2.10. The maximum atomic E-state index is 11.5. The van der Waals surface area contributed by atoms with Gasteiger partial charge in [-0.15, -0.1) is 11.3 Å². The lowest BCUT2D eigenvalue weighted by molar-refractivity contribution is 0.0594. The number of carbonyl (C=O) groups is 1. The van der Waals surface area contributed by atoms with Gasteiger partial charge in [-0.3, -0.25) is 0 Å². The van der Waals surface area contributed by atoms with Gasteiger partial charge in [0.05, 0.1) is 7.11 Å². The third-order valence-electron chi connectivity index (χ3n) is 3.18. The molecule has 0 aliphatic rings. The van der Waals surface area contributed by atoms with E-state index in [9.17, 15) is 4.79 Å². The van der Waals surface area contributed by atoms with Crippen LogP contribution >= 0.6 is 11.3 Å². The fraction of sp³-hybridized carbons (Fsp3) is 0.375. The van der Waals surface area contributed by atoms with Crippen molar-refractivity contribution < 1.29 is 9.53 Å². The first-order valence-corrected chi connectivity index (χ1v) is 7.56. The van der Waals surface area contributed by atoms with Crippen LogP contribution in [0.2, 0.25) is 0 Å². The van der Waals surface area contributed by atoms with Gasteiger partial charge in [-0.05, 0) is 30.0 Å². The maximum absolute atomic E-state index is 11.5. The number of aromatic nitrogens is 1. The number of rotatable bonds is 3. The van der Waals surface area contributed by atoms with E-state index in [1.165, 1.54) is 24.0 Å². The van der Waals surface area contributed by atoms with E-state index < -0.39 is 5.97 Å². The maximum Gasteiger partial charge on any atom is 0.357 e. The molecule has 0 aliphatic carbocycles. The van der Waals surface area contributed by atoms with Crippen LogP contribution in [0.3, 0.4) is 0 Å². The van der Waals surface area contributed by atoms with Crippen molar-refractivity contribution >= 4 is 28.1 Å². The molecule has 1 N–H and O–H groups in total. The van der Waals surface area contributed by atoms with Crippen molar-refractivity contribution in [2.24, 2.45) is 0 Å². The average Bonchev–Trinajstić information content (AvgIpc) is 2.78. The third-order valence-corrected chi connectivity index (χ3v) is 4.06. The van der Waals surface area contributed by atoms with Gasteiger partial charge < -0.3 is 10.1 Å². The Morgan fingerprint density at radius 3 is 2.38 bits per heavy atom. The van der Waals surface area contributed by atoms with Crippen LogP contribution in [-0.2, 0) is 10.2 Å². The third kappa shape index (κ3) is 3.61. The largest absolute Gasteiger partial charge is 0.464 e.